The monoisotopic (exact) mass is 263 g/mol. The molecule has 1 N–H and O–H groups in total. The van der Waals surface area contributed by atoms with Crippen molar-refractivity contribution in [2.75, 3.05) is 13.7 Å². The molecule has 1 saturated heterocycles. The van der Waals surface area contributed by atoms with Crippen LogP contribution >= 0.6 is 0 Å². The van der Waals surface area contributed by atoms with Crippen molar-refractivity contribution in [3.63, 3.8) is 0 Å². The first kappa shape index (κ1) is 13.4. The summed E-state index contributed by atoms with van der Waals surface area (Å²) in [6, 6.07) is 5.05. The van der Waals surface area contributed by atoms with E-state index in [9.17, 15) is 9.59 Å². The molecule has 102 valence electrons. The number of aldehydes is 1. The van der Waals surface area contributed by atoms with Crippen molar-refractivity contribution >= 4 is 12.2 Å². The Morgan fingerprint density at radius 3 is 2.95 bits per heavy atom. The number of carbonyl (C=O) groups excluding carboxylic acids is 2. The zero-order valence-corrected chi connectivity index (χ0v) is 10.8. The normalized spacial score (nSPS) is 19.2. The summed E-state index contributed by atoms with van der Waals surface area (Å²) in [5.74, 6) is 0.656. The van der Waals surface area contributed by atoms with Gasteiger partial charge in [0.1, 0.15) is 0 Å². The van der Waals surface area contributed by atoms with Gasteiger partial charge in [0.25, 0.3) is 5.91 Å². The summed E-state index contributed by atoms with van der Waals surface area (Å²) in [6.45, 7) is 0.672. The highest BCUT2D eigenvalue weighted by molar-refractivity contribution is 5.84. The fourth-order valence-electron chi connectivity index (χ4n) is 2.08. The van der Waals surface area contributed by atoms with E-state index in [-0.39, 0.29) is 5.91 Å². The van der Waals surface area contributed by atoms with E-state index < -0.39 is 6.10 Å². The Kier molecular flexibility index (Phi) is 4.39. The molecule has 1 aliphatic heterocycles. The predicted octanol–water partition coefficient (Wildman–Crippen LogP) is 1.56. The van der Waals surface area contributed by atoms with Crippen LogP contribution in [0.25, 0.3) is 0 Å². The van der Waals surface area contributed by atoms with Gasteiger partial charge < -0.3 is 14.8 Å². The summed E-state index contributed by atoms with van der Waals surface area (Å²) >= 11 is 0. The number of para-hydroxylation sites is 1. The molecular formula is C14H17NO4. The number of methoxy groups -OCH3 is 1. The third kappa shape index (κ3) is 3.05. The molecule has 1 amide bonds. The number of rotatable bonds is 4. The van der Waals surface area contributed by atoms with Crippen LogP contribution in [0.4, 0.5) is 0 Å². The highest BCUT2D eigenvalue weighted by Crippen LogP contribution is 2.31. The molecule has 0 spiro atoms. The van der Waals surface area contributed by atoms with E-state index in [2.05, 4.69) is 5.32 Å². The number of ether oxygens (including phenoxy) is 2. The van der Waals surface area contributed by atoms with Gasteiger partial charge in [-0.3, -0.25) is 9.59 Å². The van der Waals surface area contributed by atoms with E-state index in [1.807, 2.05) is 0 Å². The molecule has 0 bridgehead atoms. The molecule has 1 aliphatic rings. The van der Waals surface area contributed by atoms with Crippen LogP contribution in [0.3, 0.4) is 0 Å². The predicted molar refractivity (Wildman–Crippen MR) is 69.7 cm³/mol. The van der Waals surface area contributed by atoms with E-state index in [0.29, 0.717) is 36.3 Å². The standard InChI is InChI=1S/C14H17NO4/c1-18-11-7-4-5-10(9-16)13(11)19-12-6-2-3-8-15-14(12)17/h4-5,7,9,12H,2-3,6,8H2,1H3,(H,15,17). The van der Waals surface area contributed by atoms with Crippen LogP contribution in [0, 0.1) is 0 Å². The molecule has 1 aromatic rings. The Balaban J connectivity index is 2.25. The highest BCUT2D eigenvalue weighted by atomic mass is 16.5. The fraction of sp³-hybridized carbons (Fsp3) is 0.429. The fourth-order valence-corrected chi connectivity index (χ4v) is 2.08. The Morgan fingerprint density at radius 1 is 1.37 bits per heavy atom. The zero-order valence-electron chi connectivity index (χ0n) is 10.8. The first-order chi connectivity index (χ1) is 9.26. The molecule has 19 heavy (non-hydrogen) atoms. The maximum Gasteiger partial charge on any atom is 0.261 e. The van der Waals surface area contributed by atoms with Crippen molar-refractivity contribution in [1.29, 1.82) is 0 Å². The van der Waals surface area contributed by atoms with Gasteiger partial charge in [-0.25, -0.2) is 0 Å². The van der Waals surface area contributed by atoms with Crippen molar-refractivity contribution in [2.45, 2.75) is 25.4 Å². The molecule has 1 aromatic carbocycles. The maximum atomic E-state index is 11.9. The van der Waals surface area contributed by atoms with Gasteiger partial charge in [-0.15, -0.1) is 0 Å². The summed E-state index contributed by atoms with van der Waals surface area (Å²) in [5.41, 5.74) is 0.386. The number of carbonyl (C=O) groups is 2. The molecule has 1 unspecified atom stereocenters. The molecule has 0 aliphatic carbocycles. The van der Waals surface area contributed by atoms with Crippen molar-refractivity contribution < 1.29 is 19.1 Å². The number of amides is 1. The smallest absolute Gasteiger partial charge is 0.261 e. The molecule has 1 fully saturated rings. The Labute approximate surface area is 111 Å². The Bertz CT molecular complexity index is 473. The van der Waals surface area contributed by atoms with E-state index in [4.69, 9.17) is 9.47 Å². The lowest BCUT2D eigenvalue weighted by atomic mass is 10.1. The minimum absolute atomic E-state index is 0.139. The first-order valence-electron chi connectivity index (χ1n) is 6.33. The van der Waals surface area contributed by atoms with Crippen molar-refractivity contribution in [3.8, 4) is 11.5 Å². The number of benzene rings is 1. The van der Waals surface area contributed by atoms with Crippen LogP contribution in [0.2, 0.25) is 0 Å². The number of hydrogen-bond acceptors (Lipinski definition) is 4. The van der Waals surface area contributed by atoms with Gasteiger partial charge in [0.05, 0.1) is 12.7 Å². The molecule has 1 atom stereocenters. The minimum atomic E-state index is -0.572. The zero-order chi connectivity index (χ0) is 13.7. The average molecular weight is 263 g/mol. The summed E-state index contributed by atoms with van der Waals surface area (Å²) in [6.07, 6.45) is 2.62. The second-order valence-electron chi connectivity index (χ2n) is 4.39. The first-order valence-corrected chi connectivity index (χ1v) is 6.33. The van der Waals surface area contributed by atoms with Crippen LogP contribution in [0.1, 0.15) is 29.6 Å². The topological polar surface area (TPSA) is 64.6 Å². The molecule has 5 heteroatoms. The molecule has 0 aromatic heterocycles. The summed E-state index contributed by atoms with van der Waals surface area (Å²) in [5, 5.41) is 2.80. The quantitative estimate of drug-likeness (QED) is 0.837. The van der Waals surface area contributed by atoms with Crippen molar-refractivity contribution in [1.82, 2.24) is 5.32 Å². The summed E-state index contributed by atoms with van der Waals surface area (Å²) in [7, 11) is 1.50. The molecule has 5 nitrogen and oxygen atoms in total. The molecule has 0 radical (unpaired) electrons. The van der Waals surface area contributed by atoms with Crippen LogP contribution in [0.15, 0.2) is 18.2 Å². The lowest BCUT2D eigenvalue weighted by molar-refractivity contribution is -0.127. The summed E-state index contributed by atoms with van der Waals surface area (Å²) < 4.78 is 10.9. The van der Waals surface area contributed by atoms with Gasteiger partial charge in [-0.05, 0) is 31.4 Å². The van der Waals surface area contributed by atoms with E-state index in [1.165, 1.54) is 7.11 Å². The van der Waals surface area contributed by atoms with Gasteiger partial charge in [0.2, 0.25) is 0 Å². The van der Waals surface area contributed by atoms with Crippen LogP contribution in [-0.4, -0.2) is 32.0 Å². The van der Waals surface area contributed by atoms with Crippen LogP contribution < -0.4 is 14.8 Å². The molecule has 1 heterocycles. The lowest BCUT2D eigenvalue weighted by Gasteiger charge is -2.19. The van der Waals surface area contributed by atoms with Crippen molar-refractivity contribution in [3.05, 3.63) is 23.8 Å². The molecular weight excluding hydrogens is 246 g/mol. The van der Waals surface area contributed by atoms with Crippen LogP contribution in [-0.2, 0) is 4.79 Å². The van der Waals surface area contributed by atoms with Gasteiger partial charge >= 0.3 is 0 Å². The van der Waals surface area contributed by atoms with Gasteiger partial charge in [-0.2, -0.15) is 0 Å². The number of hydrogen-bond donors (Lipinski definition) is 1. The average Bonchev–Trinajstić information content (AvgIpc) is 2.64. The summed E-state index contributed by atoms with van der Waals surface area (Å²) in [4.78, 5) is 22.9. The highest BCUT2D eigenvalue weighted by Gasteiger charge is 2.24. The van der Waals surface area contributed by atoms with E-state index in [0.717, 1.165) is 12.8 Å². The molecule has 2 rings (SSSR count). The largest absolute Gasteiger partial charge is 0.493 e. The molecule has 0 saturated carbocycles. The maximum absolute atomic E-state index is 11.9. The number of nitrogens with one attached hydrogen (secondary N) is 1. The lowest BCUT2D eigenvalue weighted by Crippen LogP contribution is -2.36. The minimum Gasteiger partial charge on any atom is -0.493 e. The Hall–Kier alpha value is -2.04. The van der Waals surface area contributed by atoms with Gasteiger partial charge in [0.15, 0.2) is 23.9 Å². The SMILES string of the molecule is COc1cccc(C=O)c1OC1CCCCNC1=O. The van der Waals surface area contributed by atoms with Crippen LogP contribution in [0.5, 0.6) is 11.5 Å². The van der Waals surface area contributed by atoms with E-state index >= 15 is 0 Å². The van der Waals surface area contributed by atoms with E-state index in [1.54, 1.807) is 18.2 Å². The third-order valence-corrected chi connectivity index (χ3v) is 3.10. The van der Waals surface area contributed by atoms with Gasteiger partial charge in [-0.1, -0.05) is 6.07 Å². The second-order valence-corrected chi connectivity index (χ2v) is 4.39. The third-order valence-electron chi connectivity index (χ3n) is 3.10. The van der Waals surface area contributed by atoms with Gasteiger partial charge in [0, 0.05) is 6.54 Å². The second kappa shape index (κ2) is 6.22. The Morgan fingerprint density at radius 2 is 2.21 bits per heavy atom. The van der Waals surface area contributed by atoms with Crippen molar-refractivity contribution in [2.24, 2.45) is 0 Å².